The largest absolute Gasteiger partial charge is 0.388 e. The summed E-state index contributed by atoms with van der Waals surface area (Å²) in [5.41, 5.74) is -0.480. The minimum absolute atomic E-state index is 0.480. The van der Waals surface area contributed by atoms with E-state index in [0.29, 0.717) is 6.54 Å². The van der Waals surface area contributed by atoms with E-state index in [-0.39, 0.29) is 0 Å². The average Bonchev–Trinajstić information content (AvgIpc) is 2.72. The summed E-state index contributed by atoms with van der Waals surface area (Å²) in [6.45, 7) is 0.639. The van der Waals surface area contributed by atoms with Gasteiger partial charge in [0.05, 0.1) is 5.60 Å². The van der Waals surface area contributed by atoms with Crippen LogP contribution in [0.2, 0.25) is 0 Å². The zero-order valence-electron chi connectivity index (χ0n) is 7.49. The van der Waals surface area contributed by atoms with Crippen molar-refractivity contribution in [2.75, 3.05) is 11.9 Å². The molecule has 1 aliphatic rings. The summed E-state index contributed by atoms with van der Waals surface area (Å²) in [6.07, 6.45) is 5.91. The van der Waals surface area contributed by atoms with Crippen molar-refractivity contribution in [2.24, 2.45) is 0 Å². The SMILES string of the molecule is OC1(CNc2nccs2)CCCC1. The van der Waals surface area contributed by atoms with Gasteiger partial charge in [-0.3, -0.25) is 0 Å². The van der Waals surface area contributed by atoms with Gasteiger partial charge in [0.15, 0.2) is 5.13 Å². The summed E-state index contributed by atoms with van der Waals surface area (Å²) < 4.78 is 0. The third kappa shape index (κ3) is 2.19. The molecule has 3 nitrogen and oxygen atoms in total. The molecule has 0 amide bonds. The van der Waals surface area contributed by atoms with Crippen LogP contribution in [0.3, 0.4) is 0 Å². The van der Waals surface area contributed by atoms with Crippen molar-refractivity contribution in [1.82, 2.24) is 4.98 Å². The first-order chi connectivity index (χ1) is 6.29. The van der Waals surface area contributed by atoms with E-state index in [4.69, 9.17) is 0 Å². The number of aliphatic hydroxyl groups is 1. The van der Waals surface area contributed by atoms with Gasteiger partial charge in [-0.2, -0.15) is 0 Å². The molecule has 0 aliphatic heterocycles. The van der Waals surface area contributed by atoms with E-state index >= 15 is 0 Å². The van der Waals surface area contributed by atoms with E-state index in [2.05, 4.69) is 10.3 Å². The molecule has 0 saturated heterocycles. The van der Waals surface area contributed by atoms with Crippen molar-refractivity contribution in [1.29, 1.82) is 0 Å². The topological polar surface area (TPSA) is 45.1 Å². The van der Waals surface area contributed by atoms with Crippen molar-refractivity contribution in [2.45, 2.75) is 31.3 Å². The number of nitrogens with zero attached hydrogens (tertiary/aromatic N) is 1. The van der Waals surface area contributed by atoms with Crippen molar-refractivity contribution in [3.05, 3.63) is 11.6 Å². The fraction of sp³-hybridized carbons (Fsp3) is 0.667. The van der Waals surface area contributed by atoms with Crippen LogP contribution < -0.4 is 5.32 Å². The first-order valence-electron chi connectivity index (χ1n) is 4.64. The molecule has 1 saturated carbocycles. The molecule has 0 atom stereocenters. The van der Waals surface area contributed by atoms with Crippen LogP contribution in [-0.4, -0.2) is 22.2 Å². The predicted molar refractivity (Wildman–Crippen MR) is 54.0 cm³/mol. The van der Waals surface area contributed by atoms with Gasteiger partial charge in [0, 0.05) is 18.1 Å². The number of nitrogens with one attached hydrogen (secondary N) is 1. The number of rotatable bonds is 3. The zero-order valence-corrected chi connectivity index (χ0v) is 8.31. The lowest BCUT2D eigenvalue weighted by molar-refractivity contribution is 0.0615. The van der Waals surface area contributed by atoms with Gasteiger partial charge in [0.1, 0.15) is 0 Å². The molecule has 1 fully saturated rings. The molecule has 72 valence electrons. The molecule has 13 heavy (non-hydrogen) atoms. The van der Waals surface area contributed by atoms with Gasteiger partial charge in [-0.15, -0.1) is 11.3 Å². The lowest BCUT2D eigenvalue weighted by Crippen LogP contribution is -2.33. The molecule has 0 bridgehead atoms. The van der Waals surface area contributed by atoms with E-state index in [1.54, 1.807) is 17.5 Å². The van der Waals surface area contributed by atoms with Gasteiger partial charge in [-0.25, -0.2) is 4.98 Å². The molecular weight excluding hydrogens is 184 g/mol. The number of thiazole rings is 1. The number of hydrogen-bond acceptors (Lipinski definition) is 4. The third-order valence-corrected chi connectivity index (χ3v) is 3.27. The van der Waals surface area contributed by atoms with Gasteiger partial charge >= 0.3 is 0 Å². The van der Waals surface area contributed by atoms with Crippen LogP contribution in [0.15, 0.2) is 11.6 Å². The zero-order chi connectivity index (χ0) is 9.15. The standard InChI is InChI=1S/C9H14N2OS/c12-9(3-1-2-4-9)7-11-8-10-5-6-13-8/h5-6,12H,1-4,7H2,(H,10,11). The van der Waals surface area contributed by atoms with E-state index in [1.165, 1.54) is 0 Å². The Bertz CT molecular complexity index is 255. The number of hydrogen-bond donors (Lipinski definition) is 2. The van der Waals surface area contributed by atoms with Gasteiger partial charge in [-0.05, 0) is 12.8 Å². The van der Waals surface area contributed by atoms with Gasteiger partial charge in [0.2, 0.25) is 0 Å². The molecule has 1 aromatic heterocycles. The van der Waals surface area contributed by atoms with Gasteiger partial charge in [-0.1, -0.05) is 12.8 Å². The van der Waals surface area contributed by atoms with Crippen LogP contribution in [0.1, 0.15) is 25.7 Å². The van der Waals surface area contributed by atoms with Crippen molar-refractivity contribution in [3.8, 4) is 0 Å². The fourth-order valence-electron chi connectivity index (χ4n) is 1.76. The maximum atomic E-state index is 10.0. The number of anilines is 1. The second kappa shape index (κ2) is 3.64. The number of aromatic nitrogens is 1. The summed E-state index contributed by atoms with van der Waals surface area (Å²) in [5.74, 6) is 0. The summed E-state index contributed by atoms with van der Waals surface area (Å²) in [6, 6.07) is 0. The first kappa shape index (κ1) is 8.97. The molecule has 2 rings (SSSR count). The molecule has 0 aromatic carbocycles. The Balaban J connectivity index is 1.85. The highest BCUT2D eigenvalue weighted by molar-refractivity contribution is 7.13. The van der Waals surface area contributed by atoms with Crippen molar-refractivity contribution >= 4 is 16.5 Å². The molecule has 0 unspecified atom stereocenters. The van der Waals surface area contributed by atoms with Crippen LogP contribution in [-0.2, 0) is 0 Å². The minimum atomic E-state index is -0.480. The third-order valence-electron chi connectivity index (χ3n) is 2.54. The van der Waals surface area contributed by atoms with Crippen molar-refractivity contribution < 1.29 is 5.11 Å². The van der Waals surface area contributed by atoms with Crippen LogP contribution >= 0.6 is 11.3 Å². The van der Waals surface area contributed by atoms with E-state index in [0.717, 1.165) is 30.8 Å². The average molecular weight is 198 g/mol. The molecular formula is C9H14N2OS. The predicted octanol–water partition coefficient (Wildman–Crippen LogP) is 1.86. The highest BCUT2D eigenvalue weighted by Gasteiger charge is 2.30. The maximum absolute atomic E-state index is 10.0. The quantitative estimate of drug-likeness (QED) is 0.779. The van der Waals surface area contributed by atoms with Crippen LogP contribution in [0.4, 0.5) is 5.13 Å². The Kier molecular flexibility index (Phi) is 2.51. The van der Waals surface area contributed by atoms with E-state index < -0.39 is 5.60 Å². The second-order valence-electron chi connectivity index (χ2n) is 3.62. The summed E-state index contributed by atoms with van der Waals surface area (Å²) >= 11 is 1.57. The molecule has 1 aromatic rings. The Morgan fingerprint density at radius 3 is 2.92 bits per heavy atom. The fourth-order valence-corrected chi connectivity index (χ4v) is 2.29. The van der Waals surface area contributed by atoms with Crippen LogP contribution in [0, 0.1) is 0 Å². The normalized spacial score (nSPS) is 20.4. The Labute approximate surface area is 81.8 Å². The monoisotopic (exact) mass is 198 g/mol. The minimum Gasteiger partial charge on any atom is -0.388 e. The molecule has 0 radical (unpaired) electrons. The molecule has 2 N–H and O–H groups in total. The van der Waals surface area contributed by atoms with Crippen molar-refractivity contribution in [3.63, 3.8) is 0 Å². The molecule has 4 heteroatoms. The maximum Gasteiger partial charge on any atom is 0.182 e. The highest BCUT2D eigenvalue weighted by atomic mass is 32.1. The first-order valence-corrected chi connectivity index (χ1v) is 5.52. The van der Waals surface area contributed by atoms with Gasteiger partial charge in [0.25, 0.3) is 0 Å². The van der Waals surface area contributed by atoms with Crippen LogP contribution in [0.5, 0.6) is 0 Å². The van der Waals surface area contributed by atoms with E-state index in [1.807, 2.05) is 5.38 Å². The highest BCUT2D eigenvalue weighted by Crippen LogP contribution is 2.29. The second-order valence-corrected chi connectivity index (χ2v) is 4.52. The summed E-state index contributed by atoms with van der Waals surface area (Å²) in [7, 11) is 0. The lowest BCUT2D eigenvalue weighted by atomic mass is 10.0. The lowest BCUT2D eigenvalue weighted by Gasteiger charge is -2.21. The Morgan fingerprint density at radius 1 is 1.54 bits per heavy atom. The Hall–Kier alpha value is -0.610. The summed E-state index contributed by atoms with van der Waals surface area (Å²) in [5, 5.41) is 16.0. The molecule has 1 heterocycles. The smallest absolute Gasteiger partial charge is 0.182 e. The van der Waals surface area contributed by atoms with Gasteiger partial charge < -0.3 is 10.4 Å². The van der Waals surface area contributed by atoms with Crippen LogP contribution in [0.25, 0.3) is 0 Å². The Morgan fingerprint density at radius 2 is 2.31 bits per heavy atom. The molecule has 0 spiro atoms. The summed E-state index contributed by atoms with van der Waals surface area (Å²) in [4.78, 5) is 4.10. The molecule has 1 aliphatic carbocycles. The van der Waals surface area contributed by atoms with E-state index in [9.17, 15) is 5.11 Å².